The number of nitrogens with zero attached hydrogens (tertiary/aromatic N) is 2. The van der Waals surface area contributed by atoms with Crippen LogP contribution in [0, 0.1) is 0 Å². The van der Waals surface area contributed by atoms with E-state index in [2.05, 4.69) is 31.3 Å². The van der Waals surface area contributed by atoms with Gasteiger partial charge < -0.3 is 21.7 Å². The summed E-state index contributed by atoms with van der Waals surface area (Å²) < 4.78 is 0. The van der Waals surface area contributed by atoms with Gasteiger partial charge >= 0.3 is 5.97 Å². The molecule has 212 valence electrons. The van der Waals surface area contributed by atoms with Crippen molar-refractivity contribution >= 4 is 41.8 Å². The highest BCUT2D eigenvalue weighted by Crippen LogP contribution is 2.19. The summed E-state index contributed by atoms with van der Waals surface area (Å²) in [6, 6.07) is 9.82. The van der Waals surface area contributed by atoms with Crippen LogP contribution in [0.1, 0.15) is 21.5 Å². The molecule has 0 aromatic heterocycles. The summed E-state index contributed by atoms with van der Waals surface area (Å²) in [5.74, 6) is -2.19. The van der Waals surface area contributed by atoms with Crippen LogP contribution in [0.25, 0.3) is 0 Å². The molecule has 40 heavy (non-hydrogen) atoms. The second-order valence-corrected chi connectivity index (χ2v) is 8.27. The Hall–Kier alpha value is -4.90. The summed E-state index contributed by atoms with van der Waals surface area (Å²) in [7, 11) is 0. The number of rotatable bonds is 5. The van der Waals surface area contributed by atoms with Crippen molar-refractivity contribution in [2.24, 2.45) is 15.7 Å². The van der Waals surface area contributed by atoms with Crippen LogP contribution in [-0.4, -0.2) is 84.3 Å². The van der Waals surface area contributed by atoms with E-state index in [1.807, 2.05) is 24.3 Å². The van der Waals surface area contributed by atoms with Gasteiger partial charge in [-0.25, -0.2) is 21.2 Å². The van der Waals surface area contributed by atoms with E-state index < -0.39 is 24.1 Å². The molecule has 16 heteroatoms. The number of nitrogens with two attached hydrogens (primary N) is 2. The number of phenols is 1. The van der Waals surface area contributed by atoms with Crippen molar-refractivity contribution in [1.29, 1.82) is 0 Å². The number of nitrogen functional groups attached to an aromatic ring is 1. The molecule has 3 atom stereocenters. The quantitative estimate of drug-likeness (QED) is 0.163. The van der Waals surface area contributed by atoms with Crippen LogP contribution in [-0.2, 0) is 28.9 Å². The van der Waals surface area contributed by atoms with E-state index in [-0.39, 0.29) is 42.2 Å². The Morgan fingerprint density at radius 3 is 1.62 bits per heavy atom. The van der Waals surface area contributed by atoms with Gasteiger partial charge in [0.05, 0.1) is 6.61 Å². The molecule has 2 unspecified atom stereocenters. The van der Waals surface area contributed by atoms with Gasteiger partial charge in [-0.1, -0.05) is 24.3 Å². The topological polar surface area (TPSA) is 249 Å². The van der Waals surface area contributed by atoms with E-state index in [9.17, 15) is 19.2 Å². The van der Waals surface area contributed by atoms with Crippen molar-refractivity contribution in [3.8, 4) is 5.75 Å². The molecular weight excluding hydrogens is 530 g/mol. The summed E-state index contributed by atoms with van der Waals surface area (Å²) in [4.78, 5) is 65.4. The molecule has 3 aliphatic heterocycles. The lowest BCUT2D eigenvalue weighted by Crippen LogP contribution is -2.31. The zero-order valence-corrected chi connectivity index (χ0v) is 20.9. The first-order valence-corrected chi connectivity index (χ1v) is 11.6. The second-order valence-electron chi connectivity index (χ2n) is 8.27. The van der Waals surface area contributed by atoms with Gasteiger partial charge in [-0.2, -0.15) is 0 Å². The highest BCUT2D eigenvalue weighted by atomic mass is 16.7. The van der Waals surface area contributed by atoms with Crippen molar-refractivity contribution in [2.45, 2.75) is 18.1 Å². The molecule has 16 nitrogen and oxygen atoms in total. The van der Waals surface area contributed by atoms with Gasteiger partial charge in [-0.05, 0) is 23.3 Å². The number of carboxylic acid groups (broad SMARTS) is 1. The Morgan fingerprint density at radius 1 is 0.825 bits per heavy atom. The molecule has 0 saturated carbocycles. The third-order valence-electron chi connectivity index (χ3n) is 5.20. The summed E-state index contributed by atoms with van der Waals surface area (Å²) in [6.45, 7) is 0.774. The molecule has 5 rings (SSSR count). The average molecular weight is 558 g/mol. The van der Waals surface area contributed by atoms with Crippen molar-refractivity contribution in [2.75, 3.05) is 25.6 Å². The zero-order chi connectivity index (χ0) is 29.1. The minimum Gasteiger partial charge on any atom is -0.507 e. The highest BCUT2D eigenvalue weighted by Gasteiger charge is 2.24. The van der Waals surface area contributed by atoms with Crippen LogP contribution >= 0.6 is 0 Å². The maximum Gasteiger partial charge on any atom is 0.339 e. The third kappa shape index (κ3) is 8.84. The average Bonchev–Trinajstić information content (AvgIpc) is 3.64. The van der Waals surface area contributed by atoms with Crippen LogP contribution in [0.5, 0.6) is 5.75 Å². The van der Waals surface area contributed by atoms with Crippen LogP contribution in [0.15, 0.2) is 52.4 Å². The molecule has 3 saturated heterocycles. The number of carbonyl (C=O) groups excluding carboxylic acids is 3. The molecule has 2 aromatic carbocycles. The zero-order valence-electron chi connectivity index (χ0n) is 20.9. The number of hydroxylamine groups is 3. The van der Waals surface area contributed by atoms with Crippen molar-refractivity contribution in [3.63, 3.8) is 0 Å². The van der Waals surface area contributed by atoms with Gasteiger partial charge in [0.15, 0.2) is 12.1 Å². The molecule has 3 heterocycles. The van der Waals surface area contributed by atoms with Crippen molar-refractivity contribution < 1.29 is 43.9 Å². The number of aromatic hydroxyl groups is 1. The normalized spacial score (nSPS) is 21.7. The van der Waals surface area contributed by atoms with Crippen LogP contribution in [0.3, 0.4) is 0 Å². The van der Waals surface area contributed by atoms with E-state index in [1.54, 1.807) is 12.4 Å². The van der Waals surface area contributed by atoms with E-state index in [1.165, 1.54) is 18.2 Å². The molecule has 9 N–H and O–H groups in total. The fourth-order valence-corrected chi connectivity index (χ4v) is 3.00. The number of hydrogen-bond acceptors (Lipinski definition) is 12. The molecular formula is C24H27N7O9. The van der Waals surface area contributed by atoms with Crippen LogP contribution in [0.4, 0.5) is 5.69 Å². The molecule has 3 fully saturated rings. The Balaban J connectivity index is 0.000000202. The standard InChI is InChI=1S/C14H14N4O4.C7H7NO3.C3H6N2O2/c19-13-11(7-21-17-13)15-5-9-1-2-10(4-3-9)6-16-12-8-22-18-14(12)20;8-4-1-2-5(7(10)11)6(9)3-4;4-2-1-7-5-3(2)6/h1-6,11-12H,7-8H2,(H,17,19)(H,18,20);1-3,9H,8H2,(H,10,11);2H,1,4H2,(H,5,6)/t;;2-/m..1/s1. The minimum absolute atomic E-state index is 0.140. The Kier molecular flexibility index (Phi) is 10.6. The lowest BCUT2D eigenvalue weighted by atomic mass is 10.1. The number of aliphatic imine (C=N–C) groups is 2. The number of carbonyl (C=O) groups is 4. The van der Waals surface area contributed by atoms with Gasteiger partial charge in [0.1, 0.15) is 30.6 Å². The van der Waals surface area contributed by atoms with Crippen molar-refractivity contribution in [1.82, 2.24) is 16.4 Å². The smallest absolute Gasteiger partial charge is 0.339 e. The SMILES string of the molecule is N[C@@H]1CONC1=O.Nc1ccc(C(=O)O)c(O)c1.O=C1NOCC1N=Cc1ccc(C=NC2CONC2=O)cc1. The van der Waals surface area contributed by atoms with Crippen LogP contribution in [0.2, 0.25) is 0 Å². The van der Waals surface area contributed by atoms with E-state index in [0.29, 0.717) is 12.3 Å². The predicted octanol–water partition coefficient (Wildman–Crippen LogP) is -1.57. The molecule has 0 aliphatic carbocycles. The number of hydrogen-bond donors (Lipinski definition) is 7. The first-order chi connectivity index (χ1) is 19.1. The summed E-state index contributed by atoms with van der Waals surface area (Å²) >= 11 is 0. The molecule has 0 spiro atoms. The predicted molar refractivity (Wildman–Crippen MR) is 139 cm³/mol. The highest BCUT2D eigenvalue weighted by molar-refractivity contribution is 5.91. The Morgan fingerprint density at radius 2 is 1.30 bits per heavy atom. The number of nitrogens with one attached hydrogen (secondary N) is 3. The van der Waals surface area contributed by atoms with Crippen LogP contribution < -0.4 is 27.9 Å². The summed E-state index contributed by atoms with van der Waals surface area (Å²) in [6.07, 6.45) is 3.25. The third-order valence-corrected chi connectivity index (χ3v) is 5.20. The Bertz CT molecular complexity index is 1230. The lowest BCUT2D eigenvalue weighted by molar-refractivity contribution is -0.125. The van der Waals surface area contributed by atoms with Crippen molar-refractivity contribution in [3.05, 3.63) is 59.2 Å². The number of amides is 3. The Labute approximate surface area is 226 Å². The summed E-state index contributed by atoms with van der Waals surface area (Å²) in [5.41, 5.74) is 18.9. The van der Waals surface area contributed by atoms with E-state index >= 15 is 0 Å². The summed E-state index contributed by atoms with van der Waals surface area (Å²) in [5, 5.41) is 17.5. The molecule has 3 amide bonds. The molecule has 0 radical (unpaired) electrons. The number of benzene rings is 2. The fourth-order valence-electron chi connectivity index (χ4n) is 3.00. The molecule has 2 aromatic rings. The number of aromatic carboxylic acids is 1. The fraction of sp³-hybridized carbons (Fsp3) is 0.250. The largest absolute Gasteiger partial charge is 0.507 e. The monoisotopic (exact) mass is 557 g/mol. The number of carboxylic acids is 1. The maximum absolute atomic E-state index is 11.3. The van der Waals surface area contributed by atoms with Gasteiger partial charge in [0, 0.05) is 24.2 Å². The van der Waals surface area contributed by atoms with Gasteiger partial charge in [-0.3, -0.25) is 38.9 Å². The second kappa shape index (κ2) is 14.3. The first-order valence-electron chi connectivity index (χ1n) is 11.6. The van der Waals surface area contributed by atoms with Gasteiger partial charge in [0.2, 0.25) is 0 Å². The first kappa shape index (κ1) is 29.7. The van der Waals surface area contributed by atoms with Gasteiger partial charge in [-0.15, -0.1) is 0 Å². The van der Waals surface area contributed by atoms with Gasteiger partial charge in [0.25, 0.3) is 17.7 Å². The molecule has 3 aliphatic rings. The lowest BCUT2D eigenvalue weighted by Gasteiger charge is -1.99. The van der Waals surface area contributed by atoms with E-state index in [0.717, 1.165) is 11.1 Å². The minimum atomic E-state index is -1.16. The van der Waals surface area contributed by atoms with E-state index in [4.69, 9.17) is 31.4 Å². The number of anilines is 1. The maximum atomic E-state index is 11.3. The molecule has 0 bridgehead atoms.